The Kier molecular flexibility index (Phi) is 6.21. The van der Waals surface area contributed by atoms with Gasteiger partial charge in [0.1, 0.15) is 0 Å². The minimum atomic E-state index is -0.132. The highest BCUT2D eigenvalue weighted by Crippen LogP contribution is 2.21. The second kappa shape index (κ2) is 7.20. The van der Waals surface area contributed by atoms with Gasteiger partial charge in [0.2, 0.25) is 0 Å². The van der Waals surface area contributed by atoms with E-state index in [1.807, 2.05) is 0 Å². The maximum atomic E-state index is 12.1. The lowest BCUT2D eigenvalue weighted by Crippen LogP contribution is -2.34. The van der Waals surface area contributed by atoms with E-state index in [-0.39, 0.29) is 5.91 Å². The third kappa shape index (κ3) is 4.73. The molecule has 0 aliphatic rings. The van der Waals surface area contributed by atoms with Gasteiger partial charge in [0.15, 0.2) is 0 Å². The van der Waals surface area contributed by atoms with Gasteiger partial charge in [0.05, 0.1) is 10.6 Å². The highest BCUT2D eigenvalue weighted by atomic mass is 35.5. The van der Waals surface area contributed by atoms with E-state index >= 15 is 0 Å². The molecule has 0 bridgehead atoms. The van der Waals surface area contributed by atoms with Crippen LogP contribution < -0.4 is 5.32 Å². The van der Waals surface area contributed by atoms with Gasteiger partial charge in [-0.1, -0.05) is 39.3 Å². The molecule has 0 aromatic heterocycles. The molecule has 106 valence electrons. The molecule has 1 rings (SSSR count). The molecule has 0 spiro atoms. The SMILES string of the molecule is CC(C)C(CNC(=O)c1cc(S)ccc1Cl)C(C)C. The molecule has 0 aliphatic heterocycles. The van der Waals surface area contributed by atoms with Crippen molar-refractivity contribution in [3.05, 3.63) is 28.8 Å². The zero-order valence-corrected chi connectivity index (χ0v) is 13.6. The van der Waals surface area contributed by atoms with E-state index in [0.717, 1.165) is 4.90 Å². The topological polar surface area (TPSA) is 29.1 Å². The fourth-order valence-corrected chi connectivity index (χ4v) is 2.64. The molecule has 0 heterocycles. The van der Waals surface area contributed by atoms with Crippen molar-refractivity contribution in [2.24, 2.45) is 17.8 Å². The molecule has 0 unspecified atom stereocenters. The van der Waals surface area contributed by atoms with Crippen LogP contribution in [0.15, 0.2) is 23.1 Å². The Morgan fingerprint density at radius 2 is 1.84 bits per heavy atom. The summed E-state index contributed by atoms with van der Waals surface area (Å²) in [6.45, 7) is 9.38. The Morgan fingerprint density at radius 3 is 2.37 bits per heavy atom. The number of hydrogen-bond donors (Lipinski definition) is 2. The largest absolute Gasteiger partial charge is 0.352 e. The van der Waals surface area contributed by atoms with Gasteiger partial charge in [-0.05, 0) is 36.0 Å². The number of nitrogens with one attached hydrogen (secondary N) is 1. The summed E-state index contributed by atoms with van der Waals surface area (Å²) in [4.78, 5) is 12.9. The van der Waals surface area contributed by atoms with E-state index in [1.165, 1.54) is 0 Å². The predicted octanol–water partition coefficient (Wildman–Crippen LogP) is 4.29. The minimum Gasteiger partial charge on any atom is -0.352 e. The van der Waals surface area contributed by atoms with Crippen LogP contribution in [-0.4, -0.2) is 12.5 Å². The van der Waals surface area contributed by atoms with E-state index in [2.05, 4.69) is 45.6 Å². The summed E-state index contributed by atoms with van der Waals surface area (Å²) in [7, 11) is 0. The number of halogens is 1. The number of amides is 1. The van der Waals surface area contributed by atoms with Crippen molar-refractivity contribution >= 4 is 30.1 Å². The number of benzene rings is 1. The molecule has 0 saturated heterocycles. The number of carbonyl (C=O) groups is 1. The fraction of sp³-hybridized carbons (Fsp3) is 0.533. The third-order valence-electron chi connectivity index (χ3n) is 3.41. The van der Waals surface area contributed by atoms with Gasteiger partial charge >= 0.3 is 0 Å². The molecule has 1 amide bonds. The first-order valence-corrected chi connectivity index (χ1v) is 7.42. The van der Waals surface area contributed by atoms with E-state index in [4.69, 9.17) is 11.6 Å². The quantitative estimate of drug-likeness (QED) is 0.780. The Bertz CT molecular complexity index is 438. The monoisotopic (exact) mass is 299 g/mol. The lowest BCUT2D eigenvalue weighted by molar-refractivity contribution is 0.0937. The van der Waals surface area contributed by atoms with Crippen LogP contribution in [0.5, 0.6) is 0 Å². The van der Waals surface area contributed by atoms with Crippen molar-refractivity contribution in [1.82, 2.24) is 5.32 Å². The first kappa shape index (κ1) is 16.4. The highest BCUT2D eigenvalue weighted by molar-refractivity contribution is 7.80. The number of thiol groups is 1. The van der Waals surface area contributed by atoms with Crippen molar-refractivity contribution in [2.75, 3.05) is 6.54 Å². The molecule has 0 aliphatic carbocycles. The summed E-state index contributed by atoms with van der Waals surface area (Å²) in [6, 6.07) is 5.16. The number of rotatable bonds is 5. The lowest BCUT2D eigenvalue weighted by Gasteiger charge is -2.25. The van der Waals surface area contributed by atoms with Crippen LogP contribution in [0.1, 0.15) is 38.1 Å². The van der Waals surface area contributed by atoms with Crippen molar-refractivity contribution in [1.29, 1.82) is 0 Å². The van der Waals surface area contributed by atoms with Gasteiger partial charge in [-0.15, -0.1) is 12.6 Å². The molecular weight excluding hydrogens is 278 g/mol. The van der Waals surface area contributed by atoms with Crippen LogP contribution in [0.4, 0.5) is 0 Å². The highest BCUT2D eigenvalue weighted by Gasteiger charge is 2.19. The maximum Gasteiger partial charge on any atom is 0.252 e. The van der Waals surface area contributed by atoms with Gasteiger partial charge < -0.3 is 5.32 Å². The normalized spacial score (nSPS) is 11.4. The first-order chi connectivity index (χ1) is 8.82. The summed E-state index contributed by atoms with van der Waals surface area (Å²) in [6.07, 6.45) is 0. The molecule has 0 radical (unpaired) electrons. The van der Waals surface area contributed by atoms with E-state index < -0.39 is 0 Å². The Morgan fingerprint density at radius 1 is 1.26 bits per heavy atom. The minimum absolute atomic E-state index is 0.132. The van der Waals surface area contributed by atoms with Crippen LogP contribution in [-0.2, 0) is 0 Å². The molecule has 2 nitrogen and oxygen atoms in total. The van der Waals surface area contributed by atoms with Crippen LogP contribution >= 0.6 is 24.2 Å². The summed E-state index contributed by atoms with van der Waals surface area (Å²) in [5, 5.41) is 3.43. The van der Waals surface area contributed by atoms with Crippen LogP contribution in [0, 0.1) is 17.8 Å². The summed E-state index contributed by atoms with van der Waals surface area (Å²) in [5.74, 6) is 1.40. The van der Waals surface area contributed by atoms with Gasteiger partial charge in [0.25, 0.3) is 5.91 Å². The average molecular weight is 300 g/mol. The third-order valence-corrected chi connectivity index (χ3v) is 4.01. The molecular formula is C15H22ClNOS. The van der Waals surface area contributed by atoms with Crippen LogP contribution in [0.3, 0.4) is 0 Å². The molecule has 1 N–H and O–H groups in total. The maximum absolute atomic E-state index is 12.1. The average Bonchev–Trinajstić information content (AvgIpc) is 2.31. The Labute approximate surface area is 126 Å². The number of hydrogen-bond acceptors (Lipinski definition) is 2. The predicted molar refractivity (Wildman–Crippen MR) is 84.2 cm³/mol. The van der Waals surface area contributed by atoms with Gasteiger partial charge in [-0.3, -0.25) is 4.79 Å². The summed E-state index contributed by atoms with van der Waals surface area (Å²) < 4.78 is 0. The standard InChI is InChI=1S/C15H22ClNOS/c1-9(2)13(10(3)4)8-17-15(18)12-7-11(19)5-6-14(12)16/h5-7,9-10,13,19H,8H2,1-4H3,(H,17,18). The first-order valence-electron chi connectivity index (χ1n) is 6.59. The Balaban J connectivity index is 2.72. The number of carbonyl (C=O) groups excluding carboxylic acids is 1. The smallest absolute Gasteiger partial charge is 0.252 e. The van der Waals surface area contributed by atoms with E-state index in [9.17, 15) is 4.79 Å². The van der Waals surface area contributed by atoms with E-state index in [0.29, 0.717) is 34.9 Å². The summed E-state index contributed by atoms with van der Waals surface area (Å²) in [5.41, 5.74) is 0.487. The second-order valence-corrected chi connectivity index (χ2v) is 6.45. The Hall–Kier alpha value is -0.670. The van der Waals surface area contributed by atoms with Gasteiger partial charge in [-0.25, -0.2) is 0 Å². The summed E-state index contributed by atoms with van der Waals surface area (Å²) >= 11 is 10.3. The van der Waals surface area contributed by atoms with Crippen LogP contribution in [0.25, 0.3) is 0 Å². The van der Waals surface area contributed by atoms with Crippen molar-refractivity contribution in [2.45, 2.75) is 32.6 Å². The van der Waals surface area contributed by atoms with Gasteiger partial charge in [-0.2, -0.15) is 0 Å². The molecule has 0 fully saturated rings. The van der Waals surface area contributed by atoms with Crippen molar-refractivity contribution in [3.63, 3.8) is 0 Å². The molecule has 0 saturated carbocycles. The van der Waals surface area contributed by atoms with Crippen molar-refractivity contribution < 1.29 is 4.79 Å². The fourth-order valence-electron chi connectivity index (χ4n) is 2.23. The van der Waals surface area contributed by atoms with Gasteiger partial charge in [0, 0.05) is 11.4 Å². The lowest BCUT2D eigenvalue weighted by atomic mass is 9.85. The van der Waals surface area contributed by atoms with Crippen LogP contribution in [0.2, 0.25) is 5.02 Å². The zero-order chi connectivity index (χ0) is 14.6. The molecule has 1 aromatic carbocycles. The zero-order valence-electron chi connectivity index (χ0n) is 11.9. The molecule has 1 aromatic rings. The second-order valence-electron chi connectivity index (χ2n) is 5.53. The molecule has 4 heteroatoms. The van der Waals surface area contributed by atoms with E-state index in [1.54, 1.807) is 18.2 Å². The molecule has 19 heavy (non-hydrogen) atoms. The molecule has 0 atom stereocenters. The van der Waals surface area contributed by atoms with Crippen molar-refractivity contribution in [3.8, 4) is 0 Å².